The van der Waals surface area contributed by atoms with Crippen LogP contribution in [0.5, 0.6) is 0 Å². The molecular weight excluding hydrogens is 442 g/mol. The molecular formula is C19H24F2N8O2S. The van der Waals surface area contributed by atoms with Crippen molar-refractivity contribution in [2.45, 2.75) is 55.0 Å². The minimum absolute atomic E-state index is 0.0630. The van der Waals surface area contributed by atoms with Gasteiger partial charge in [0.05, 0.1) is 12.4 Å². The number of nitriles is 1. The van der Waals surface area contributed by atoms with Crippen molar-refractivity contribution in [3.63, 3.8) is 0 Å². The van der Waals surface area contributed by atoms with Crippen molar-refractivity contribution in [3.8, 4) is 6.07 Å². The van der Waals surface area contributed by atoms with Gasteiger partial charge in [0, 0.05) is 51.3 Å². The van der Waals surface area contributed by atoms with Gasteiger partial charge in [-0.15, -0.1) is 0 Å². The third-order valence-electron chi connectivity index (χ3n) is 5.76. The Morgan fingerprint density at radius 3 is 2.53 bits per heavy atom. The predicted octanol–water partition coefficient (Wildman–Crippen LogP) is 1.95. The number of alkyl halides is 2. The number of hydrogen-bond acceptors (Lipinski definition) is 8. The van der Waals surface area contributed by atoms with E-state index in [0.29, 0.717) is 32.4 Å². The summed E-state index contributed by atoms with van der Waals surface area (Å²) in [6.07, 6.45) is 5.05. The van der Waals surface area contributed by atoms with Crippen LogP contribution in [0, 0.1) is 11.3 Å². The molecule has 0 aromatic carbocycles. The highest BCUT2D eigenvalue weighted by Crippen LogP contribution is 2.36. The molecule has 1 unspecified atom stereocenters. The minimum atomic E-state index is -3.59. The fraction of sp³-hybridized carbons (Fsp3) is 0.579. The first-order valence-electron chi connectivity index (χ1n) is 10.3. The van der Waals surface area contributed by atoms with Crippen LogP contribution in [-0.4, -0.2) is 63.6 Å². The maximum atomic E-state index is 13.5. The number of aromatic nitrogens is 4. The molecule has 1 saturated heterocycles. The molecule has 3 heterocycles. The highest BCUT2D eigenvalue weighted by atomic mass is 32.2. The van der Waals surface area contributed by atoms with Crippen LogP contribution in [0.15, 0.2) is 23.5 Å². The minimum Gasteiger partial charge on any atom is -0.366 e. The normalized spacial score (nSPS) is 21.9. The van der Waals surface area contributed by atoms with E-state index in [1.807, 2.05) is 6.07 Å². The van der Waals surface area contributed by atoms with E-state index in [9.17, 15) is 22.5 Å². The Morgan fingerprint density at radius 1 is 1.19 bits per heavy atom. The lowest BCUT2D eigenvalue weighted by Crippen LogP contribution is -2.42. The van der Waals surface area contributed by atoms with Gasteiger partial charge in [0.1, 0.15) is 22.3 Å². The van der Waals surface area contributed by atoms with Crippen molar-refractivity contribution < 1.29 is 17.2 Å². The van der Waals surface area contributed by atoms with Gasteiger partial charge in [-0.2, -0.15) is 19.6 Å². The Balaban J connectivity index is 1.38. The number of halogens is 2. The van der Waals surface area contributed by atoms with Crippen molar-refractivity contribution >= 4 is 21.8 Å². The van der Waals surface area contributed by atoms with Gasteiger partial charge < -0.3 is 10.6 Å². The fourth-order valence-corrected chi connectivity index (χ4v) is 5.47. The Kier molecular flexibility index (Phi) is 6.00. The van der Waals surface area contributed by atoms with Crippen LogP contribution < -0.4 is 10.6 Å². The van der Waals surface area contributed by atoms with Crippen molar-refractivity contribution in [2.75, 3.05) is 23.7 Å². The summed E-state index contributed by atoms with van der Waals surface area (Å²) >= 11 is 0. The zero-order valence-electron chi connectivity index (χ0n) is 17.5. The lowest BCUT2D eigenvalue weighted by atomic mass is 10.1. The smallest absolute Gasteiger partial charge is 0.250 e. The van der Waals surface area contributed by atoms with Crippen molar-refractivity contribution in [3.05, 3.63) is 24.2 Å². The van der Waals surface area contributed by atoms with Gasteiger partial charge in [-0.25, -0.2) is 22.2 Å². The first-order chi connectivity index (χ1) is 15.2. The number of sulfonamides is 1. The van der Waals surface area contributed by atoms with Crippen molar-refractivity contribution in [1.82, 2.24) is 24.1 Å². The molecule has 2 aromatic heterocycles. The third-order valence-corrected chi connectivity index (χ3v) is 7.61. The predicted molar refractivity (Wildman–Crippen MR) is 112 cm³/mol. The summed E-state index contributed by atoms with van der Waals surface area (Å²) in [6.45, 7) is 0.654. The maximum absolute atomic E-state index is 13.5. The number of anilines is 2. The quantitative estimate of drug-likeness (QED) is 0.661. The number of piperidine rings is 1. The van der Waals surface area contributed by atoms with Crippen LogP contribution in [0.4, 0.5) is 20.5 Å². The van der Waals surface area contributed by atoms with Gasteiger partial charge in [-0.1, -0.05) is 0 Å². The van der Waals surface area contributed by atoms with Gasteiger partial charge in [-0.05, 0) is 19.3 Å². The Hall–Kier alpha value is -2.85. The zero-order chi connectivity index (χ0) is 22.9. The van der Waals surface area contributed by atoms with Crippen molar-refractivity contribution in [1.29, 1.82) is 5.26 Å². The van der Waals surface area contributed by atoms with E-state index < -0.39 is 22.0 Å². The second-order valence-electron chi connectivity index (χ2n) is 8.18. The average Bonchev–Trinajstić information content (AvgIpc) is 3.34. The second-order valence-corrected chi connectivity index (χ2v) is 10.1. The van der Waals surface area contributed by atoms with E-state index in [2.05, 4.69) is 25.7 Å². The number of hydrogen-bond donors (Lipinski definition) is 2. The lowest BCUT2D eigenvalue weighted by Gasteiger charge is -2.31. The van der Waals surface area contributed by atoms with Crippen molar-refractivity contribution in [2.24, 2.45) is 7.05 Å². The largest absolute Gasteiger partial charge is 0.366 e. The van der Waals surface area contributed by atoms with Gasteiger partial charge in [0.15, 0.2) is 0 Å². The summed E-state index contributed by atoms with van der Waals surface area (Å²) in [5.41, 5.74) is 0.183. The molecule has 4 rings (SSSR count). The Bertz CT molecular complexity index is 1120. The molecule has 0 amide bonds. The van der Waals surface area contributed by atoms with Gasteiger partial charge in [-0.3, -0.25) is 4.68 Å². The molecule has 13 heteroatoms. The second kappa shape index (κ2) is 8.59. The van der Waals surface area contributed by atoms with E-state index in [-0.39, 0.29) is 41.1 Å². The highest BCUT2D eigenvalue weighted by molar-refractivity contribution is 7.89. The third kappa shape index (κ3) is 4.81. The monoisotopic (exact) mass is 466 g/mol. The highest BCUT2D eigenvalue weighted by Gasteiger charge is 2.39. The molecule has 1 saturated carbocycles. The first kappa shape index (κ1) is 22.3. The summed E-state index contributed by atoms with van der Waals surface area (Å²) in [7, 11) is -1.93. The molecule has 1 aliphatic heterocycles. The van der Waals surface area contributed by atoms with Crippen LogP contribution in [0.3, 0.4) is 0 Å². The Morgan fingerprint density at radius 2 is 1.94 bits per heavy atom. The molecule has 2 aromatic rings. The summed E-state index contributed by atoms with van der Waals surface area (Å²) < 4.78 is 55.3. The molecule has 2 N–H and O–H groups in total. The van der Waals surface area contributed by atoms with Crippen LogP contribution in [0.2, 0.25) is 0 Å². The molecule has 0 spiro atoms. The summed E-state index contributed by atoms with van der Waals surface area (Å²) in [6, 6.07) is 1.46. The maximum Gasteiger partial charge on any atom is 0.250 e. The topological polar surface area (TPSA) is 129 Å². The zero-order valence-corrected chi connectivity index (χ0v) is 18.3. The molecule has 1 aliphatic carbocycles. The standard InChI is InChI=1S/C19H24F2N8O2S/c1-28-12-16(11-24-28)32(30,31)29-6-3-14(4-7-29)26-18-23-10-13(9-22)17(27-18)25-15-2-5-19(20,21)8-15/h10-12,14-15H,2-8H2,1H3,(H2,23,25,26,27). The lowest BCUT2D eigenvalue weighted by molar-refractivity contribution is 0.00851. The van der Waals surface area contributed by atoms with Gasteiger partial charge in [0.2, 0.25) is 21.9 Å². The molecule has 172 valence electrons. The van der Waals surface area contributed by atoms with E-state index >= 15 is 0 Å². The molecule has 1 atom stereocenters. The molecule has 0 bridgehead atoms. The Labute approximate surface area is 184 Å². The van der Waals surface area contributed by atoms with Gasteiger partial charge >= 0.3 is 0 Å². The van der Waals surface area contributed by atoms with Gasteiger partial charge in [0.25, 0.3) is 0 Å². The fourth-order valence-electron chi connectivity index (χ4n) is 4.01. The van der Waals surface area contributed by atoms with Crippen LogP contribution >= 0.6 is 0 Å². The molecule has 32 heavy (non-hydrogen) atoms. The molecule has 2 aliphatic rings. The van der Waals surface area contributed by atoms with Crippen LogP contribution in [-0.2, 0) is 17.1 Å². The van der Waals surface area contributed by atoms with E-state index in [1.165, 1.54) is 27.6 Å². The van der Waals surface area contributed by atoms with E-state index in [4.69, 9.17) is 0 Å². The van der Waals surface area contributed by atoms with Crippen LogP contribution in [0.1, 0.15) is 37.7 Å². The molecule has 10 nitrogen and oxygen atoms in total. The first-order valence-corrected chi connectivity index (χ1v) is 11.8. The average molecular weight is 467 g/mol. The van der Waals surface area contributed by atoms with E-state index in [0.717, 1.165) is 0 Å². The number of aryl methyl sites for hydroxylation is 1. The van der Waals surface area contributed by atoms with Crippen LogP contribution in [0.25, 0.3) is 0 Å². The SMILES string of the molecule is Cn1cc(S(=O)(=O)N2CCC(Nc3ncc(C#N)c(NC4CCC(F)(F)C4)n3)CC2)cn1. The molecule has 2 fully saturated rings. The van der Waals surface area contributed by atoms with E-state index in [1.54, 1.807) is 7.05 Å². The number of nitrogens with zero attached hydrogens (tertiary/aromatic N) is 6. The summed E-state index contributed by atoms with van der Waals surface area (Å²) in [4.78, 5) is 8.64. The summed E-state index contributed by atoms with van der Waals surface area (Å²) in [5, 5.41) is 19.4. The summed E-state index contributed by atoms with van der Waals surface area (Å²) in [5.74, 6) is -2.21. The molecule has 0 radical (unpaired) electrons. The number of nitrogens with one attached hydrogen (secondary N) is 2. The number of rotatable bonds is 6.